The SMILES string of the molecule is Cc1ccc(-n2nc(C)c(CC#N)c2Cl)cc1. The highest BCUT2D eigenvalue weighted by Gasteiger charge is 2.13. The highest BCUT2D eigenvalue weighted by Crippen LogP contribution is 2.23. The minimum atomic E-state index is 0.288. The molecule has 0 amide bonds. The number of benzene rings is 1. The van der Waals surface area contributed by atoms with Gasteiger partial charge < -0.3 is 0 Å². The monoisotopic (exact) mass is 245 g/mol. The summed E-state index contributed by atoms with van der Waals surface area (Å²) in [5, 5.41) is 13.6. The van der Waals surface area contributed by atoms with E-state index in [4.69, 9.17) is 16.9 Å². The van der Waals surface area contributed by atoms with Gasteiger partial charge in [0.2, 0.25) is 0 Å². The number of halogens is 1. The Morgan fingerprint density at radius 2 is 1.94 bits per heavy atom. The number of aromatic nitrogens is 2. The molecule has 0 N–H and O–H groups in total. The molecule has 17 heavy (non-hydrogen) atoms. The second-order valence-corrected chi connectivity index (χ2v) is 4.30. The molecule has 0 unspecified atom stereocenters. The van der Waals surface area contributed by atoms with Gasteiger partial charge in [-0.3, -0.25) is 0 Å². The molecule has 0 aliphatic rings. The zero-order chi connectivity index (χ0) is 12.4. The molecule has 2 rings (SSSR count). The van der Waals surface area contributed by atoms with Gasteiger partial charge in [-0.05, 0) is 26.0 Å². The van der Waals surface area contributed by atoms with Crippen LogP contribution in [0.25, 0.3) is 5.69 Å². The van der Waals surface area contributed by atoms with Crippen LogP contribution in [0, 0.1) is 25.2 Å². The van der Waals surface area contributed by atoms with Crippen molar-refractivity contribution in [2.75, 3.05) is 0 Å². The van der Waals surface area contributed by atoms with E-state index in [2.05, 4.69) is 11.2 Å². The standard InChI is InChI=1S/C13H12ClN3/c1-9-3-5-11(6-4-9)17-13(14)12(7-8-15)10(2)16-17/h3-6H,7H2,1-2H3. The van der Waals surface area contributed by atoms with E-state index in [9.17, 15) is 0 Å². The molecule has 0 saturated heterocycles. The molecule has 0 aliphatic heterocycles. The van der Waals surface area contributed by atoms with Gasteiger partial charge in [0.25, 0.3) is 0 Å². The minimum Gasteiger partial charge on any atom is -0.222 e. The fourth-order valence-corrected chi connectivity index (χ4v) is 2.01. The van der Waals surface area contributed by atoms with E-state index >= 15 is 0 Å². The summed E-state index contributed by atoms with van der Waals surface area (Å²) in [6.07, 6.45) is 0.288. The highest BCUT2D eigenvalue weighted by molar-refractivity contribution is 6.30. The van der Waals surface area contributed by atoms with E-state index in [0.717, 1.165) is 16.9 Å². The van der Waals surface area contributed by atoms with Crippen LogP contribution in [0.5, 0.6) is 0 Å². The molecule has 86 valence electrons. The van der Waals surface area contributed by atoms with Crippen molar-refractivity contribution in [1.29, 1.82) is 5.26 Å². The van der Waals surface area contributed by atoms with Crippen LogP contribution >= 0.6 is 11.6 Å². The molecule has 0 atom stereocenters. The summed E-state index contributed by atoms with van der Waals surface area (Å²) in [5.41, 5.74) is 3.70. The lowest BCUT2D eigenvalue weighted by molar-refractivity contribution is 0.863. The summed E-state index contributed by atoms with van der Waals surface area (Å²) in [6, 6.07) is 10.0. The van der Waals surface area contributed by atoms with Gasteiger partial charge in [-0.2, -0.15) is 10.4 Å². The normalized spacial score (nSPS) is 10.2. The van der Waals surface area contributed by atoms with E-state index < -0.39 is 0 Å². The third-order valence-electron chi connectivity index (χ3n) is 2.66. The summed E-state index contributed by atoms with van der Waals surface area (Å²) < 4.78 is 1.67. The number of rotatable bonds is 2. The third-order valence-corrected chi connectivity index (χ3v) is 3.04. The van der Waals surface area contributed by atoms with Crippen molar-refractivity contribution in [1.82, 2.24) is 9.78 Å². The number of nitriles is 1. The molecule has 0 fully saturated rings. The number of hydrogen-bond donors (Lipinski definition) is 0. The van der Waals surface area contributed by atoms with Gasteiger partial charge in [0.05, 0.1) is 23.9 Å². The second kappa shape index (κ2) is 4.60. The van der Waals surface area contributed by atoms with Crippen LogP contribution in [0.3, 0.4) is 0 Å². The molecule has 3 nitrogen and oxygen atoms in total. The predicted octanol–water partition coefficient (Wildman–Crippen LogP) is 3.21. The van der Waals surface area contributed by atoms with E-state index in [-0.39, 0.29) is 6.42 Å². The average Bonchev–Trinajstić information content (AvgIpc) is 2.59. The van der Waals surface area contributed by atoms with Crippen molar-refractivity contribution in [3.63, 3.8) is 0 Å². The van der Waals surface area contributed by atoms with Gasteiger partial charge in [0.1, 0.15) is 5.15 Å². The molecular formula is C13H12ClN3. The summed E-state index contributed by atoms with van der Waals surface area (Å²) >= 11 is 6.23. The first-order valence-corrected chi connectivity index (χ1v) is 5.69. The van der Waals surface area contributed by atoms with Gasteiger partial charge in [-0.15, -0.1) is 0 Å². The van der Waals surface area contributed by atoms with Crippen LogP contribution in [-0.4, -0.2) is 9.78 Å². The Morgan fingerprint density at radius 1 is 1.29 bits per heavy atom. The molecule has 0 radical (unpaired) electrons. The number of aryl methyl sites for hydroxylation is 2. The highest BCUT2D eigenvalue weighted by atomic mass is 35.5. The van der Waals surface area contributed by atoms with Gasteiger partial charge in [0.15, 0.2) is 0 Å². The maximum atomic E-state index is 8.74. The molecule has 1 heterocycles. The predicted molar refractivity (Wildman–Crippen MR) is 67.4 cm³/mol. The van der Waals surface area contributed by atoms with Gasteiger partial charge in [-0.25, -0.2) is 4.68 Å². The van der Waals surface area contributed by atoms with Gasteiger partial charge >= 0.3 is 0 Å². The first-order valence-electron chi connectivity index (χ1n) is 5.31. The number of hydrogen-bond acceptors (Lipinski definition) is 2. The molecule has 0 aliphatic carbocycles. The van der Waals surface area contributed by atoms with Crippen LogP contribution in [0.2, 0.25) is 5.15 Å². The topological polar surface area (TPSA) is 41.6 Å². The quantitative estimate of drug-likeness (QED) is 0.815. The zero-order valence-electron chi connectivity index (χ0n) is 9.74. The lowest BCUT2D eigenvalue weighted by atomic mass is 10.2. The summed E-state index contributed by atoms with van der Waals surface area (Å²) in [7, 11) is 0. The first kappa shape index (κ1) is 11.7. The summed E-state index contributed by atoms with van der Waals surface area (Å²) in [4.78, 5) is 0. The summed E-state index contributed by atoms with van der Waals surface area (Å²) in [6.45, 7) is 3.89. The Hall–Kier alpha value is -1.79. The van der Waals surface area contributed by atoms with Crippen LogP contribution in [0.4, 0.5) is 0 Å². The van der Waals surface area contributed by atoms with Crippen molar-refractivity contribution in [2.24, 2.45) is 0 Å². The molecule has 0 saturated carbocycles. The largest absolute Gasteiger partial charge is 0.222 e. The van der Waals surface area contributed by atoms with E-state index in [0.29, 0.717) is 5.15 Å². The smallest absolute Gasteiger partial charge is 0.137 e. The van der Waals surface area contributed by atoms with Crippen molar-refractivity contribution in [3.8, 4) is 11.8 Å². The molecular weight excluding hydrogens is 234 g/mol. The summed E-state index contributed by atoms with van der Waals surface area (Å²) in [5.74, 6) is 0. The van der Waals surface area contributed by atoms with Crippen LogP contribution in [0.1, 0.15) is 16.8 Å². The third kappa shape index (κ3) is 2.17. The Kier molecular flexibility index (Phi) is 3.16. The second-order valence-electron chi connectivity index (χ2n) is 3.94. The van der Waals surface area contributed by atoms with E-state index in [1.807, 2.05) is 38.1 Å². The van der Waals surface area contributed by atoms with Crippen molar-refractivity contribution in [2.45, 2.75) is 20.3 Å². The minimum absolute atomic E-state index is 0.288. The molecule has 2 aromatic rings. The Labute approximate surface area is 105 Å². The van der Waals surface area contributed by atoms with E-state index in [1.54, 1.807) is 4.68 Å². The average molecular weight is 246 g/mol. The molecule has 4 heteroatoms. The molecule has 0 bridgehead atoms. The van der Waals surface area contributed by atoms with Gasteiger partial charge in [0, 0.05) is 5.56 Å². The Morgan fingerprint density at radius 3 is 2.53 bits per heavy atom. The Balaban J connectivity index is 2.50. The molecule has 0 spiro atoms. The maximum absolute atomic E-state index is 8.74. The first-order chi connectivity index (χ1) is 8.13. The van der Waals surface area contributed by atoms with E-state index in [1.165, 1.54) is 5.56 Å². The lowest BCUT2D eigenvalue weighted by Gasteiger charge is -2.03. The van der Waals surface area contributed by atoms with Crippen LogP contribution < -0.4 is 0 Å². The number of nitrogens with zero attached hydrogens (tertiary/aromatic N) is 3. The van der Waals surface area contributed by atoms with Crippen LogP contribution in [-0.2, 0) is 6.42 Å². The van der Waals surface area contributed by atoms with Crippen molar-refractivity contribution < 1.29 is 0 Å². The lowest BCUT2D eigenvalue weighted by Crippen LogP contribution is -1.96. The molecule has 1 aromatic carbocycles. The zero-order valence-corrected chi connectivity index (χ0v) is 10.5. The maximum Gasteiger partial charge on any atom is 0.137 e. The van der Waals surface area contributed by atoms with Crippen LogP contribution in [0.15, 0.2) is 24.3 Å². The van der Waals surface area contributed by atoms with Crippen molar-refractivity contribution >= 4 is 11.6 Å². The fraction of sp³-hybridized carbons (Fsp3) is 0.231. The Bertz CT molecular complexity index is 576. The van der Waals surface area contributed by atoms with Gasteiger partial charge in [-0.1, -0.05) is 29.3 Å². The van der Waals surface area contributed by atoms with Crippen molar-refractivity contribution in [3.05, 3.63) is 46.2 Å². The molecule has 1 aromatic heterocycles. The fourth-order valence-electron chi connectivity index (χ4n) is 1.67.